The minimum absolute atomic E-state index is 0.234. The highest BCUT2D eigenvalue weighted by molar-refractivity contribution is 6.04. The van der Waals surface area contributed by atoms with E-state index in [9.17, 15) is 9.59 Å². The molecule has 0 unspecified atom stereocenters. The van der Waals surface area contributed by atoms with Crippen LogP contribution in [0.5, 0.6) is 0 Å². The summed E-state index contributed by atoms with van der Waals surface area (Å²) in [5.41, 5.74) is 1.06. The number of aromatic nitrogens is 2. The van der Waals surface area contributed by atoms with Gasteiger partial charge >= 0.3 is 0 Å². The Hall–Kier alpha value is -3.47. The van der Waals surface area contributed by atoms with Gasteiger partial charge in [0.25, 0.3) is 5.91 Å². The number of nitrogens with one attached hydrogen (secondary N) is 1. The second-order valence-electron chi connectivity index (χ2n) is 5.90. The Morgan fingerprint density at radius 3 is 2.65 bits per heavy atom. The number of nitriles is 1. The highest BCUT2D eigenvalue weighted by Gasteiger charge is 2.19. The van der Waals surface area contributed by atoms with E-state index >= 15 is 0 Å². The number of amides is 2. The first-order valence-corrected chi connectivity index (χ1v) is 8.21. The van der Waals surface area contributed by atoms with E-state index in [0.29, 0.717) is 49.1 Å². The van der Waals surface area contributed by atoms with Gasteiger partial charge in [-0.3, -0.25) is 9.59 Å². The van der Waals surface area contributed by atoms with Crippen LogP contribution in [0.3, 0.4) is 0 Å². The van der Waals surface area contributed by atoms with Gasteiger partial charge in [-0.1, -0.05) is 12.1 Å². The summed E-state index contributed by atoms with van der Waals surface area (Å²) < 4.78 is 0. The molecular formula is C18H18N6O2. The van der Waals surface area contributed by atoms with Crippen molar-refractivity contribution in [2.45, 2.75) is 6.92 Å². The summed E-state index contributed by atoms with van der Waals surface area (Å²) in [6.45, 7) is 4.25. The maximum atomic E-state index is 12.6. The van der Waals surface area contributed by atoms with Crippen LogP contribution in [-0.4, -0.2) is 53.4 Å². The van der Waals surface area contributed by atoms with Crippen LogP contribution in [0.4, 0.5) is 11.5 Å². The molecule has 1 aromatic carbocycles. The molecule has 8 heteroatoms. The molecule has 1 aromatic heterocycles. The first kappa shape index (κ1) is 17.4. The molecule has 1 aliphatic heterocycles. The van der Waals surface area contributed by atoms with Gasteiger partial charge < -0.3 is 15.1 Å². The van der Waals surface area contributed by atoms with Crippen LogP contribution >= 0.6 is 0 Å². The molecule has 3 rings (SSSR count). The predicted octanol–water partition coefficient (Wildman–Crippen LogP) is 1.19. The number of aryl methyl sites for hydroxylation is 1. The van der Waals surface area contributed by atoms with Crippen LogP contribution in [0, 0.1) is 18.3 Å². The van der Waals surface area contributed by atoms with Crippen LogP contribution in [0.2, 0.25) is 0 Å². The van der Waals surface area contributed by atoms with E-state index in [0.717, 1.165) is 6.41 Å². The number of carbonyl (C=O) groups is 2. The van der Waals surface area contributed by atoms with E-state index in [-0.39, 0.29) is 5.69 Å². The molecule has 132 valence electrons. The van der Waals surface area contributed by atoms with Crippen molar-refractivity contribution in [2.24, 2.45) is 0 Å². The lowest BCUT2D eigenvalue weighted by Gasteiger charge is -2.33. The van der Waals surface area contributed by atoms with Gasteiger partial charge in [0.2, 0.25) is 6.41 Å². The van der Waals surface area contributed by atoms with Gasteiger partial charge in [-0.2, -0.15) is 5.26 Å². The van der Waals surface area contributed by atoms with Gasteiger partial charge in [0.1, 0.15) is 23.4 Å². The largest absolute Gasteiger partial charge is 0.353 e. The zero-order valence-corrected chi connectivity index (χ0v) is 14.3. The van der Waals surface area contributed by atoms with Gasteiger partial charge in [0, 0.05) is 32.2 Å². The monoisotopic (exact) mass is 350 g/mol. The molecule has 1 aliphatic rings. The van der Waals surface area contributed by atoms with E-state index < -0.39 is 5.91 Å². The molecule has 8 nitrogen and oxygen atoms in total. The fourth-order valence-corrected chi connectivity index (χ4v) is 2.76. The lowest BCUT2D eigenvalue weighted by atomic mass is 10.2. The Labute approximate surface area is 151 Å². The number of piperazine rings is 1. The van der Waals surface area contributed by atoms with Gasteiger partial charge in [-0.15, -0.1) is 0 Å². The normalized spacial score (nSPS) is 13.8. The van der Waals surface area contributed by atoms with Crippen LogP contribution < -0.4 is 10.2 Å². The number of hydrogen-bond donors (Lipinski definition) is 1. The molecule has 26 heavy (non-hydrogen) atoms. The third kappa shape index (κ3) is 3.78. The van der Waals surface area contributed by atoms with Crippen LogP contribution in [0.15, 0.2) is 30.3 Å². The highest BCUT2D eigenvalue weighted by Crippen LogP contribution is 2.18. The number of para-hydroxylation sites is 1. The maximum absolute atomic E-state index is 12.6. The molecular weight excluding hydrogens is 332 g/mol. The third-order valence-corrected chi connectivity index (χ3v) is 4.14. The Kier molecular flexibility index (Phi) is 5.08. The molecule has 0 aliphatic carbocycles. The second-order valence-corrected chi connectivity index (χ2v) is 5.90. The van der Waals surface area contributed by atoms with Gasteiger partial charge in [0.15, 0.2) is 0 Å². The molecule has 0 bridgehead atoms. The van der Waals surface area contributed by atoms with Crippen molar-refractivity contribution < 1.29 is 9.59 Å². The Balaban J connectivity index is 1.80. The van der Waals surface area contributed by atoms with Crippen molar-refractivity contribution in [3.05, 3.63) is 47.4 Å². The summed E-state index contributed by atoms with van der Waals surface area (Å²) in [7, 11) is 0. The summed E-state index contributed by atoms with van der Waals surface area (Å²) in [4.78, 5) is 35.8. The lowest BCUT2D eigenvalue weighted by molar-refractivity contribution is -0.118. The molecule has 1 saturated heterocycles. The summed E-state index contributed by atoms with van der Waals surface area (Å²) >= 11 is 0. The van der Waals surface area contributed by atoms with Crippen molar-refractivity contribution in [3.8, 4) is 6.07 Å². The average Bonchev–Trinajstić information content (AvgIpc) is 2.68. The molecule has 2 heterocycles. The fraction of sp³-hybridized carbons (Fsp3) is 0.278. The van der Waals surface area contributed by atoms with E-state index in [2.05, 4.69) is 15.3 Å². The molecule has 2 amide bonds. The van der Waals surface area contributed by atoms with Crippen molar-refractivity contribution in [1.82, 2.24) is 14.9 Å². The predicted molar refractivity (Wildman–Crippen MR) is 95.7 cm³/mol. The van der Waals surface area contributed by atoms with E-state index in [1.54, 1.807) is 42.2 Å². The van der Waals surface area contributed by atoms with E-state index in [1.165, 1.54) is 0 Å². The Morgan fingerprint density at radius 2 is 1.96 bits per heavy atom. The summed E-state index contributed by atoms with van der Waals surface area (Å²) in [5.74, 6) is 0.742. The summed E-state index contributed by atoms with van der Waals surface area (Å²) in [5, 5.41) is 11.9. The standard InChI is InChI=1S/C18H18N6O2/c1-13-20-16(18(26)22-15-5-3-2-4-14(15)11-19)10-17(21-13)24-8-6-23(12-25)7-9-24/h2-5,10,12H,6-9H2,1H3,(H,22,26). The van der Waals surface area contributed by atoms with Crippen molar-refractivity contribution in [2.75, 3.05) is 36.4 Å². The Morgan fingerprint density at radius 1 is 1.23 bits per heavy atom. The number of anilines is 2. The minimum atomic E-state index is -0.397. The zero-order valence-electron chi connectivity index (χ0n) is 14.3. The molecule has 1 N–H and O–H groups in total. The molecule has 0 radical (unpaired) electrons. The maximum Gasteiger partial charge on any atom is 0.274 e. The van der Waals surface area contributed by atoms with Gasteiger partial charge in [-0.05, 0) is 19.1 Å². The number of carbonyl (C=O) groups excluding carboxylic acids is 2. The lowest BCUT2D eigenvalue weighted by Crippen LogP contribution is -2.46. The molecule has 2 aromatic rings. The quantitative estimate of drug-likeness (QED) is 0.831. The first-order chi connectivity index (χ1) is 12.6. The number of benzene rings is 1. The highest BCUT2D eigenvalue weighted by atomic mass is 16.2. The zero-order chi connectivity index (χ0) is 18.5. The van der Waals surface area contributed by atoms with Gasteiger partial charge in [-0.25, -0.2) is 9.97 Å². The number of rotatable bonds is 4. The SMILES string of the molecule is Cc1nc(C(=O)Nc2ccccc2C#N)cc(N2CCN(C=O)CC2)n1. The summed E-state index contributed by atoms with van der Waals surface area (Å²) in [6, 6.07) is 10.5. The molecule has 0 saturated carbocycles. The second kappa shape index (κ2) is 7.61. The van der Waals surface area contributed by atoms with Gasteiger partial charge in [0.05, 0.1) is 11.3 Å². The Bertz CT molecular complexity index is 868. The smallest absolute Gasteiger partial charge is 0.274 e. The average molecular weight is 350 g/mol. The number of nitrogens with zero attached hydrogens (tertiary/aromatic N) is 5. The van der Waals surface area contributed by atoms with E-state index in [1.807, 2.05) is 11.0 Å². The molecule has 0 atom stereocenters. The summed E-state index contributed by atoms with van der Waals surface area (Å²) in [6.07, 6.45) is 0.841. The van der Waals surface area contributed by atoms with Crippen molar-refractivity contribution >= 4 is 23.8 Å². The fourth-order valence-electron chi connectivity index (χ4n) is 2.76. The minimum Gasteiger partial charge on any atom is -0.353 e. The van der Waals surface area contributed by atoms with Crippen molar-refractivity contribution in [3.63, 3.8) is 0 Å². The number of hydrogen-bond acceptors (Lipinski definition) is 6. The van der Waals surface area contributed by atoms with E-state index in [4.69, 9.17) is 5.26 Å². The third-order valence-electron chi connectivity index (χ3n) is 4.14. The van der Waals surface area contributed by atoms with Crippen LogP contribution in [0.25, 0.3) is 0 Å². The molecule has 0 spiro atoms. The van der Waals surface area contributed by atoms with Crippen LogP contribution in [0.1, 0.15) is 21.9 Å². The molecule has 1 fully saturated rings. The van der Waals surface area contributed by atoms with Crippen LogP contribution in [-0.2, 0) is 4.79 Å². The topological polar surface area (TPSA) is 102 Å². The first-order valence-electron chi connectivity index (χ1n) is 8.21. The van der Waals surface area contributed by atoms with Crippen molar-refractivity contribution in [1.29, 1.82) is 5.26 Å².